The van der Waals surface area contributed by atoms with E-state index in [9.17, 15) is 0 Å². The number of ether oxygens (including phenoxy) is 1. The number of nitrogens with one attached hydrogen (secondary N) is 1. The number of hydrogen-bond donors (Lipinski definition) is 1. The maximum atomic E-state index is 5.99. The molecule has 2 nitrogen and oxygen atoms in total. The second-order valence-electron chi connectivity index (χ2n) is 5.41. The molecule has 86 valence electrons. The van der Waals surface area contributed by atoms with Crippen LogP contribution in [0.4, 0.5) is 5.69 Å². The van der Waals surface area contributed by atoms with Crippen LogP contribution in [0.2, 0.25) is 0 Å². The first kappa shape index (κ1) is 10.0. The van der Waals surface area contributed by atoms with Crippen LogP contribution < -0.4 is 10.1 Å². The van der Waals surface area contributed by atoms with Gasteiger partial charge in [-0.3, -0.25) is 0 Å². The number of fused-ring (bicyclic) bond motifs is 1. The number of hydrogen-bond acceptors (Lipinski definition) is 2. The Balaban J connectivity index is 1.78. The Hall–Kier alpha value is -1.18. The Labute approximate surface area is 97.0 Å². The fourth-order valence-corrected chi connectivity index (χ4v) is 2.22. The first-order valence-corrected chi connectivity index (χ1v) is 6.25. The van der Waals surface area contributed by atoms with Gasteiger partial charge in [-0.15, -0.1) is 0 Å². The molecule has 0 bridgehead atoms. The molecule has 1 aliphatic carbocycles. The summed E-state index contributed by atoms with van der Waals surface area (Å²) in [4.78, 5) is 0. The van der Waals surface area contributed by atoms with Crippen LogP contribution in [0.3, 0.4) is 0 Å². The quantitative estimate of drug-likeness (QED) is 0.839. The molecule has 1 saturated carbocycles. The van der Waals surface area contributed by atoms with Crippen molar-refractivity contribution >= 4 is 5.69 Å². The molecule has 1 fully saturated rings. The lowest BCUT2D eigenvalue weighted by molar-refractivity contribution is 0.245. The van der Waals surface area contributed by atoms with Crippen molar-refractivity contribution in [2.45, 2.75) is 32.6 Å². The van der Waals surface area contributed by atoms with Crippen LogP contribution in [0.15, 0.2) is 18.2 Å². The van der Waals surface area contributed by atoms with Gasteiger partial charge in [0.15, 0.2) is 0 Å². The van der Waals surface area contributed by atoms with Crippen molar-refractivity contribution in [2.75, 3.05) is 18.5 Å². The third kappa shape index (κ3) is 1.89. The highest BCUT2D eigenvalue weighted by Crippen LogP contribution is 2.45. The lowest BCUT2D eigenvalue weighted by Crippen LogP contribution is -2.15. The summed E-state index contributed by atoms with van der Waals surface area (Å²) in [6.45, 7) is 4.28. The zero-order chi connectivity index (χ0) is 11.0. The van der Waals surface area contributed by atoms with Crippen LogP contribution in [0.5, 0.6) is 5.75 Å². The Bertz CT molecular complexity index is 396. The molecule has 0 radical (unpaired) electrons. The van der Waals surface area contributed by atoms with E-state index in [2.05, 4.69) is 30.4 Å². The molecule has 0 aromatic heterocycles. The second-order valence-corrected chi connectivity index (χ2v) is 5.41. The maximum Gasteiger partial charge on any atom is 0.124 e. The van der Waals surface area contributed by atoms with E-state index < -0.39 is 0 Å². The molecule has 0 amide bonds. The van der Waals surface area contributed by atoms with Crippen molar-refractivity contribution in [1.82, 2.24) is 0 Å². The lowest BCUT2D eigenvalue weighted by Gasteiger charge is -2.21. The smallest absolute Gasteiger partial charge is 0.124 e. The van der Waals surface area contributed by atoms with Gasteiger partial charge in [0.2, 0.25) is 0 Å². The zero-order valence-corrected chi connectivity index (χ0v) is 9.88. The van der Waals surface area contributed by atoms with E-state index in [4.69, 9.17) is 4.74 Å². The van der Waals surface area contributed by atoms with Gasteiger partial charge in [-0.25, -0.2) is 0 Å². The van der Waals surface area contributed by atoms with Crippen molar-refractivity contribution in [1.29, 1.82) is 0 Å². The van der Waals surface area contributed by atoms with Crippen LogP contribution in [0.25, 0.3) is 0 Å². The van der Waals surface area contributed by atoms with Crippen molar-refractivity contribution in [3.8, 4) is 5.75 Å². The van der Waals surface area contributed by atoms with Gasteiger partial charge >= 0.3 is 0 Å². The third-order valence-electron chi connectivity index (χ3n) is 3.73. The predicted molar refractivity (Wildman–Crippen MR) is 66.1 cm³/mol. The van der Waals surface area contributed by atoms with Crippen LogP contribution in [0, 0.1) is 5.41 Å². The summed E-state index contributed by atoms with van der Waals surface area (Å²) in [5.41, 5.74) is 3.10. The van der Waals surface area contributed by atoms with E-state index in [1.165, 1.54) is 30.5 Å². The monoisotopic (exact) mass is 217 g/mol. The van der Waals surface area contributed by atoms with Gasteiger partial charge in [0.1, 0.15) is 5.75 Å². The first-order chi connectivity index (χ1) is 7.77. The summed E-state index contributed by atoms with van der Waals surface area (Å²) in [7, 11) is 0. The number of rotatable bonds is 3. The van der Waals surface area contributed by atoms with Crippen LogP contribution in [-0.4, -0.2) is 13.2 Å². The van der Waals surface area contributed by atoms with E-state index >= 15 is 0 Å². The van der Waals surface area contributed by atoms with Crippen LogP contribution >= 0.6 is 0 Å². The molecule has 3 rings (SSSR count). The van der Waals surface area contributed by atoms with E-state index in [0.717, 1.165) is 25.3 Å². The second kappa shape index (κ2) is 3.69. The van der Waals surface area contributed by atoms with Crippen molar-refractivity contribution in [3.05, 3.63) is 23.8 Å². The van der Waals surface area contributed by atoms with Gasteiger partial charge in [0, 0.05) is 23.2 Å². The summed E-state index contributed by atoms with van der Waals surface area (Å²) in [6, 6.07) is 6.35. The Morgan fingerprint density at radius 1 is 1.38 bits per heavy atom. The molecule has 1 aromatic carbocycles. The Morgan fingerprint density at radius 3 is 3.06 bits per heavy atom. The van der Waals surface area contributed by atoms with Gasteiger partial charge in [0.25, 0.3) is 0 Å². The van der Waals surface area contributed by atoms with E-state index in [0.29, 0.717) is 5.41 Å². The lowest BCUT2D eigenvalue weighted by atomic mass is 10.0. The molecule has 2 aliphatic rings. The first-order valence-electron chi connectivity index (χ1n) is 6.25. The van der Waals surface area contributed by atoms with Gasteiger partial charge in [-0.05, 0) is 37.8 Å². The Kier molecular flexibility index (Phi) is 2.31. The summed E-state index contributed by atoms with van der Waals surface area (Å²) in [5.74, 6) is 1.10. The molecule has 16 heavy (non-hydrogen) atoms. The highest BCUT2D eigenvalue weighted by molar-refractivity contribution is 5.59. The fraction of sp³-hybridized carbons (Fsp3) is 0.571. The molecule has 1 aromatic rings. The molecule has 0 saturated heterocycles. The topological polar surface area (TPSA) is 21.3 Å². The molecule has 1 heterocycles. The molecular formula is C14H19NO. The van der Waals surface area contributed by atoms with Crippen molar-refractivity contribution in [3.63, 3.8) is 0 Å². The van der Waals surface area contributed by atoms with E-state index in [-0.39, 0.29) is 0 Å². The zero-order valence-electron chi connectivity index (χ0n) is 9.88. The summed E-state index contributed by atoms with van der Waals surface area (Å²) in [6.07, 6.45) is 5.00. The predicted octanol–water partition coefficient (Wildman–Crippen LogP) is 3.22. The molecular weight excluding hydrogens is 198 g/mol. The number of anilines is 1. The molecule has 0 spiro atoms. The van der Waals surface area contributed by atoms with Crippen LogP contribution in [-0.2, 0) is 6.42 Å². The van der Waals surface area contributed by atoms with Gasteiger partial charge in [-0.2, -0.15) is 0 Å². The third-order valence-corrected chi connectivity index (χ3v) is 3.73. The molecule has 1 aliphatic heterocycles. The van der Waals surface area contributed by atoms with Crippen molar-refractivity contribution < 1.29 is 4.74 Å². The summed E-state index contributed by atoms with van der Waals surface area (Å²) in [5, 5.41) is 3.44. The minimum Gasteiger partial charge on any atom is -0.493 e. The average Bonchev–Trinajstić information content (AvgIpc) is 3.05. The van der Waals surface area contributed by atoms with E-state index in [1.54, 1.807) is 0 Å². The molecule has 0 atom stereocenters. The van der Waals surface area contributed by atoms with Gasteiger partial charge < -0.3 is 10.1 Å². The normalized spacial score (nSPS) is 20.8. The highest BCUT2D eigenvalue weighted by atomic mass is 16.5. The minimum atomic E-state index is 0.463. The fourth-order valence-electron chi connectivity index (χ4n) is 2.22. The molecule has 1 N–H and O–H groups in total. The Morgan fingerprint density at radius 2 is 2.25 bits per heavy atom. The molecule has 2 heteroatoms. The van der Waals surface area contributed by atoms with Crippen molar-refractivity contribution in [2.24, 2.45) is 5.41 Å². The maximum absolute atomic E-state index is 5.99. The molecule has 0 unspecified atom stereocenters. The SMILES string of the molecule is CC1(COc2cccc3c2CCCN3)CC1. The summed E-state index contributed by atoms with van der Waals surface area (Å²) >= 11 is 0. The highest BCUT2D eigenvalue weighted by Gasteiger charge is 2.38. The van der Waals surface area contributed by atoms with Gasteiger partial charge in [-0.1, -0.05) is 13.0 Å². The number of benzene rings is 1. The standard InChI is InChI=1S/C14H19NO/c1-14(7-8-14)10-16-13-6-2-5-12-11(13)4-3-9-15-12/h2,5-6,15H,3-4,7-10H2,1H3. The average molecular weight is 217 g/mol. The summed E-state index contributed by atoms with van der Waals surface area (Å²) < 4.78 is 5.99. The van der Waals surface area contributed by atoms with Crippen LogP contribution in [0.1, 0.15) is 31.7 Å². The minimum absolute atomic E-state index is 0.463. The van der Waals surface area contributed by atoms with E-state index in [1.807, 2.05) is 0 Å². The largest absolute Gasteiger partial charge is 0.493 e. The van der Waals surface area contributed by atoms with Gasteiger partial charge in [0.05, 0.1) is 6.61 Å².